The molecule has 4 rings (SSSR count). The van der Waals surface area contributed by atoms with Crippen molar-refractivity contribution in [3.8, 4) is 0 Å². The zero-order valence-corrected chi connectivity index (χ0v) is 20.2. The highest BCUT2D eigenvalue weighted by Crippen LogP contribution is 2.32. The summed E-state index contributed by atoms with van der Waals surface area (Å²) in [7, 11) is 0. The number of benzene rings is 3. The quantitative estimate of drug-likeness (QED) is 0.216. The minimum atomic E-state index is -0.509. The van der Waals surface area contributed by atoms with Crippen LogP contribution in [0.1, 0.15) is 20.8 Å². The lowest BCUT2D eigenvalue weighted by atomic mass is 10.1. The van der Waals surface area contributed by atoms with E-state index in [4.69, 9.17) is 27.9 Å². The van der Waals surface area contributed by atoms with Gasteiger partial charge in [-0.15, -0.1) is 0 Å². The third-order valence-electron chi connectivity index (χ3n) is 4.93. The topological polar surface area (TPSA) is 78.2 Å². The highest BCUT2D eigenvalue weighted by molar-refractivity contribution is 6.42. The smallest absolute Gasteiger partial charge is 0.407 e. The van der Waals surface area contributed by atoms with E-state index in [1.165, 1.54) is 0 Å². The molecule has 6 nitrogen and oxygen atoms in total. The molecular formula is C25H26Cl2N4O2. The van der Waals surface area contributed by atoms with E-state index < -0.39 is 11.7 Å². The number of halogens is 2. The number of carbonyl (C=O) groups is 1. The number of aromatic amines is 1. The van der Waals surface area contributed by atoms with Crippen LogP contribution in [0.2, 0.25) is 10.0 Å². The Morgan fingerprint density at radius 2 is 1.45 bits per heavy atom. The molecule has 0 fully saturated rings. The monoisotopic (exact) mass is 484 g/mol. The van der Waals surface area contributed by atoms with Gasteiger partial charge in [0.2, 0.25) is 0 Å². The number of alkyl carbamates (subject to hydrolysis) is 1. The molecule has 1 heterocycles. The van der Waals surface area contributed by atoms with Crippen molar-refractivity contribution in [3.05, 3.63) is 64.6 Å². The first-order valence-corrected chi connectivity index (χ1v) is 11.4. The number of H-pyrrole nitrogens is 1. The van der Waals surface area contributed by atoms with Crippen LogP contribution in [0.25, 0.3) is 21.8 Å². The third-order valence-corrected chi connectivity index (χ3v) is 5.67. The van der Waals surface area contributed by atoms with Gasteiger partial charge in [-0.1, -0.05) is 23.2 Å². The number of carbonyl (C=O) groups excluding carboxylic acids is 1. The van der Waals surface area contributed by atoms with Gasteiger partial charge in [-0.25, -0.2) is 4.79 Å². The number of aromatic nitrogens is 1. The van der Waals surface area contributed by atoms with E-state index in [0.29, 0.717) is 23.1 Å². The van der Waals surface area contributed by atoms with E-state index in [1.807, 2.05) is 51.1 Å². The molecule has 0 aliphatic carbocycles. The lowest BCUT2D eigenvalue weighted by Gasteiger charge is -2.19. The van der Waals surface area contributed by atoms with E-state index in [2.05, 4.69) is 33.1 Å². The molecule has 33 heavy (non-hydrogen) atoms. The summed E-state index contributed by atoms with van der Waals surface area (Å²) in [6.45, 7) is 6.56. The fourth-order valence-corrected chi connectivity index (χ4v) is 3.81. The van der Waals surface area contributed by atoms with Crippen molar-refractivity contribution in [2.75, 3.05) is 23.7 Å². The van der Waals surface area contributed by atoms with Crippen molar-refractivity contribution < 1.29 is 9.53 Å². The number of hydrogen-bond donors (Lipinski definition) is 4. The Morgan fingerprint density at radius 3 is 2.12 bits per heavy atom. The van der Waals surface area contributed by atoms with Gasteiger partial charge < -0.3 is 25.7 Å². The SMILES string of the molecule is CC(C)(C)OC(=O)NCCNc1ccc2[nH]c3ccc(Nc4ccc(Cl)c(Cl)c4)cc3c2c1. The van der Waals surface area contributed by atoms with Crippen molar-refractivity contribution in [1.82, 2.24) is 10.3 Å². The van der Waals surface area contributed by atoms with Crippen LogP contribution < -0.4 is 16.0 Å². The van der Waals surface area contributed by atoms with Crippen LogP contribution in [0.5, 0.6) is 0 Å². The van der Waals surface area contributed by atoms with Gasteiger partial charge in [0.25, 0.3) is 0 Å². The number of amides is 1. The Kier molecular flexibility index (Phi) is 6.58. The van der Waals surface area contributed by atoms with Crippen molar-refractivity contribution in [2.24, 2.45) is 0 Å². The largest absolute Gasteiger partial charge is 0.444 e. The van der Waals surface area contributed by atoms with Crippen molar-refractivity contribution in [1.29, 1.82) is 0 Å². The molecule has 0 unspecified atom stereocenters. The van der Waals surface area contributed by atoms with E-state index >= 15 is 0 Å². The molecule has 3 aromatic carbocycles. The Hall–Kier alpha value is -3.09. The number of hydrogen-bond acceptors (Lipinski definition) is 4. The number of rotatable bonds is 6. The molecule has 8 heteroatoms. The molecule has 0 atom stereocenters. The second-order valence-electron chi connectivity index (χ2n) is 8.76. The van der Waals surface area contributed by atoms with Gasteiger partial charge in [0.15, 0.2) is 0 Å². The van der Waals surface area contributed by atoms with E-state index in [1.54, 1.807) is 12.1 Å². The fourth-order valence-electron chi connectivity index (χ4n) is 3.51. The highest BCUT2D eigenvalue weighted by atomic mass is 35.5. The zero-order chi connectivity index (χ0) is 23.6. The standard InChI is InChI=1S/C25H26Cl2N4O2/c1-25(2,3)33-24(32)29-11-10-28-15-5-8-22-18(12-15)19-13-16(6-9-23(19)31-22)30-17-4-7-20(26)21(27)14-17/h4-9,12-14,28,30-31H,10-11H2,1-3H3,(H,29,32). The highest BCUT2D eigenvalue weighted by Gasteiger charge is 2.15. The molecule has 0 radical (unpaired) electrons. The zero-order valence-electron chi connectivity index (χ0n) is 18.7. The number of nitrogens with one attached hydrogen (secondary N) is 4. The van der Waals surface area contributed by atoms with Crippen LogP contribution in [-0.4, -0.2) is 29.8 Å². The van der Waals surface area contributed by atoms with Crippen LogP contribution in [0.3, 0.4) is 0 Å². The van der Waals surface area contributed by atoms with E-state index in [9.17, 15) is 4.79 Å². The Balaban J connectivity index is 1.47. The van der Waals surface area contributed by atoms with Gasteiger partial charge in [0.05, 0.1) is 10.0 Å². The molecule has 1 aromatic heterocycles. The van der Waals surface area contributed by atoms with Gasteiger partial charge in [-0.3, -0.25) is 0 Å². The third kappa shape index (κ3) is 5.83. The molecule has 4 N–H and O–H groups in total. The summed E-state index contributed by atoms with van der Waals surface area (Å²) in [4.78, 5) is 15.2. The van der Waals surface area contributed by atoms with Crippen molar-refractivity contribution >= 4 is 68.2 Å². The van der Waals surface area contributed by atoms with E-state index in [-0.39, 0.29) is 0 Å². The summed E-state index contributed by atoms with van der Waals surface area (Å²) in [5.41, 5.74) is 4.37. The molecule has 0 aliphatic heterocycles. The molecule has 0 saturated heterocycles. The summed E-state index contributed by atoms with van der Waals surface area (Å²) in [5.74, 6) is 0. The molecular weight excluding hydrogens is 459 g/mol. The normalized spacial score (nSPS) is 11.5. The van der Waals surface area contributed by atoms with Crippen molar-refractivity contribution in [2.45, 2.75) is 26.4 Å². The lowest BCUT2D eigenvalue weighted by Crippen LogP contribution is -2.34. The Bertz CT molecular complexity index is 1310. The molecule has 172 valence electrons. The average Bonchev–Trinajstić information content (AvgIpc) is 3.10. The molecule has 0 saturated carbocycles. The van der Waals surface area contributed by atoms with Crippen LogP contribution in [0.4, 0.5) is 21.9 Å². The van der Waals surface area contributed by atoms with Crippen LogP contribution in [0, 0.1) is 0 Å². The Morgan fingerprint density at radius 1 is 0.848 bits per heavy atom. The average molecular weight is 485 g/mol. The van der Waals surface area contributed by atoms with Gasteiger partial charge in [-0.05, 0) is 75.4 Å². The minimum absolute atomic E-state index is 0.418. The van der Waals surface area contributed by atoms with Gasteiger partial charge in [0, 0.05) is 52.0 Å². The first-order chi connectivity index (χ1) is 15.7. The lowest BCUT2D eigenvalue weighted by molar-refractivity contribution is 0.0530. The van der Waals surface area contributed by atoms with E-state index in [0.717, 1.165) is 38.9 Å². The van der Waals surface area contributed by atoms with Crippen LogP contribution >= 0.6 is 23.2 Å². The fraction of sp³-hybridized carbons (Fsp3) is 0.240. The summed E-state index contributed by atoms with van der Waals surface area (Å²) in [5, 5.41) is 12.7. The summed E-state index contributed by atoms with van der Waals surface area (Å²) >= 11 is 12.2. The molecule has 0 aliphatic rings. The first-order valence-electron chi connectivity index (χ1n) is 10.7. The predicted molar refractivity (Wildman–Crippen MR) is 138 cm³/mol. The summed E-state index contributed by atoms with van der Waals surface area (Å²) < 4.78 is 5.25. The number of anilines is 3. The van der Waals surface area contributed by atoms with Crippen LogP contribution in [0.15, 0.2) is 54.6 Å². The van der Waals surface area contributed by atoms with Gasteiger partial charge in [-0.2, -0.15) is 0 Å². The molecule has 4 aromatic rings. The second-order valence-corrected chi connectivity index (χ2v) is 9.57. The van der Waals surface area contributed by atoms with Crippen molar-refractivity contribution in [3.63, 3.8) is 0 Å². The predicted octanol–water partition coefficient (Wildman–Crippen LogP) is 7.31. The number of fused-ring (bicyclic) bond motifs is 3. The number of ether oxygens (including phenoxy) is 1. The maximum Gasteiger partial charge on any atom is 0.407 e. The molecule has 0 bridgehead atoms. The minimum Gasteiger partial charge on any atom is -0.444 e. The van der Waals surface area contributed by atoms with Crippen LogP contribution in [-0.2, 0) is 4.74 Å². The summed E-state index contributed by atoms with van der Waals surface area (Å²) in [6.07, 6.45) is -0.418. The second kappa shape index (κ2) is 9.41. The van der Waals surface area contributed by atoms with Gasteiger partial charge >= 0.3 is 6.09 Å². The van der Waals surface area contributed by atoms with Gasteiger partial charge in [0.1, 0.15) is 5.60 Å². The maximum atomic E-state index is 11.8. The Labute approximate surface area is 202 Å². The summed E-state index contributed by atoms with van der Waals surface area (Å²) in [6, 6.07) is 17.8. The first kappa shape index (κ1) is 23.1. The molecule has 1 amide bonds. The maximum absolute atomic E-state index is 11.8. The molecule has 0 spiro atoms.